The Bertz CT molecular complexity index is 364. The van der Waals surface area contributed by atoms with E-state index in [1.54, 1.807) is 6.92 Å². The molecule has 0 saturated heterocycles. The van der Waals surface area contributed by atoms with Gasteiger partial charge in [0, 0.05) is 5.75 Å². The van der Waals surface area contributed by atoms with Gasteiger partial charge in [0.05, 0.1) is 7.11 Å². The molecule has 0 aliphatic heterocycles. The summed E-state index contributed by atoms with van der Waals surface area (Å²) in [4.78, 5) is 15.4. The van der Waals surface area contributed by atoms with Crippen LogP contribution in [0.4, 0.5) is 0 Å². The second kappa shape index (κ2) is 5.31. The van der Waals surface area contributed by atoms with Crippen molar-refractivity contribution in [2.75, 3.05) is 12.9 Å². The van der Waals surface area contributed by atoms with Crippen molar-refractivity contribution < 1.29 is 9.53 Å². The number of hydrogen-bond donors (Lipinski definition) is 2. The molecule has 0 aliphatic carbocycles. The lowest BCUT2D eigenvalue weighted by molar-refractivity contribution is -0.146. The Labute approximate surface area is 98.3 Å². The van der Waals surface area contributed by atoms with Crippen LogP contribution in [0.5, 0.6) is 0 Å². The number of carbonyl (C=O) groups excluding carboxylic acids is 1. The fourth-order valence-electron chi connectivity index (χ4n) is 1.08. The van der Waals surface area contributed by atoms with Crippen LogP contribution in [0.1, 0.15) is 19.2 Å². The van der Waals surface area contributed by atoms with Crippen molar-refractivity contribution in [1.82, 2.24) is 15.2 Å². The molecule has 3 N–H and O–H groups in total. The lowest BCUT2D eigenvalue weighted by Crippen LogP contribution is -2.46. The first-order valence-corrected chi connectivity index (χ1v) is 5.83. The largest absolute Gasteiger partial charge is 0.468 e. The standard InChI is InChI=1S/C9H16N4O2S/c1-6-11-8(13-12-6)16-5-4-9(2,10)7(14)15-3/h4-5,10H2,1-3H3,(H,11,12,13). The maximum atomic E-state index is 11.3. The maximum Gasteiger partial charge on any atom is 0.325 e. The van der Waals surface area contributed by atoms with Crippen molar-refractivity contribution in [2.45, 2.75) is 31.0 Å². The minimum absolute atomic E-state index is 0.403. The molecule has 0 radical (unpaired) electrons. The van der Waals surface area contributed by atoms with Gasteiger partial charge in [0.25, 0.3) is 0 Å². The Hall–Kier alpha value is -1.08. The highest BCUT2D eigenvalue weighted by Crippen LogP contribution is 2.18. The maximum absolute atomic E-state index is 11.3. The predicted molar refractivity (Wildman–Crippen MR) is 61.1 cm³/mol. The molecule has 7 heteroatoms. The van der Waals surface area contributed by atoms with Crippen molar-refractivity contribution >= 4 is 17.7 Å². The zero-order valence-corrected chi connectivity index (χ0v) is 10.4. The van der Waals surface area contributed by atoms with Crippen LogP contribution in [0, 0.1) is 6.92 Å². The minimum atomic E-state index is -0.951. The van der Waals surface area contributed by atoms with E-state index in [0.29, 0.717) is 17.3 Å². The highest BCUT2D eigenvalue weighted by molar-refractivity contribution is 7.99. The fourth-order valence-corrected chi connectivity index (χ4v) is 2.10. The Balaban J connectivity index is 2.38. The number of nitrogens with one attached hydrogen (secondary N) is 1. The lowest BCUT2D eigenvalue weighted by Gasteiger charge is -2.20. The van der Waals surface area contributed by atoms with E-state index in [2.05, 4.69) is 19.9 Å². The number of H-pyrrole nitrogens is 1. The van der Waals surface area contributed by atoms with Crippen molar-refractivity contribution in [3.63, 3.8) is 0 Å². The van der Waals surface area contributed by atoms with Crippen molar-refractivity contribution in [3.8, 4) is 0 Å². The van der Waals surface area contributed by atoms with Crippen LogP contribution < -0.4 is 5.73 Å². The van der Waals surface area contributed by atoms with E-state index < -0.39 is 11.5 Å². The van der Waals surface area contributed by atoms with Gasteiger partial charge in [-0.15, -0.1) is 5.10 Å². The normalized spacial score (nSPS) is 14.5. The summed E-state index contributed by atoms with van der Waals surface area (Å²) in [5, 5.41) is 7.38. The average Bonchev–Trinajstić information content (AvgIpc) is 2.62. The highest BCUT2D eigenvalue weighted by atomic mass is 32.2. The molecule has 0 fully saturated rings. The molecular weight excluding hydrogens is 228 g/mol. The third-order valence-corrected chi connectivity index (χ3v) is 2.93. The summed E-state index contributed by atoms with van der Waals surface area (Å²) in [5.74, 6) is 1.03. The number of ether oxygens (including phenoxy) is 1. The summed E-state index contributed by atoms with van der Waals surface area (Å²) in [6, 6.07) is 0. The molecule has 1 aromatic heterocycles. The van der Waals surface area contributed by atoms with Gasteiger partial charge in [0.1, 0.15) is 11.4 Å². The van der Waals surface area contributed by atoms with E-state index in [-0.39, 0.29) is 0 Å². The van der Waals surface area contributed by atoms with Gasteiger partial charge in [-0.3, -0.25) is 9.89 Å². The average molecular weight is 244 g/mol. The van der Waals surface area contributed by atoms with E-state index in [1.807, 2.05) is 6.92 Å². The number of nitrogens with two attached hydrogens (primary N) is 1. The summed E-state index contributed by atoms with van der Waals surface area (Å²) in [7, 11) is 1.33. The SMILES string of the molecule is COC(=O)C(C)(N)CCSc1n[nH]c(C)n1. The lowest BCUT2D eigenvalue weighted by atomic mass is 10.0. The number of methoxy groups -OCH3 is 1. The van der Waals surface area contributed by atoms with Crippen LogP contribution in [-0.2, 0) is 9.53 Å². The monoisotopic (exact) mass is 244 g/mol. The van der Waals surface area contributed by atoms with E-state index >= 15 is 0 Å². The molecule has 0 saturated carbocycles. The molecule has 1 rings (SSSR count). The van der Waals surface area contributed by atoms with Crippen molar-refractivity contribution in [2.24, 2.45) is 5.73 Å². The topological polar surface area (TPSA) is 93.9 Å². The van der Waals surface area contributed by atoms with E-state index in [9.17, 15) is 4.79 Å². The van der Waals surface area contributed by atoms with E-state index in [0.717, 1.165) is 5.82 Å². The number of aromatic nitrogens is 3. The number of nitrogens with zero attached hydrogens (tertiary/aromatic N) is 2. The highest BCUT2D eigenvalue weighted by Gasteiger charge is 2.28. The molecule has 1 heterocycles. The molecule has 1 atom stereocenters. The van der Waals surface area contributed by atoms with Gasteiger partial charge in [0.15, 0.2) is 0 Å². The van der Waals surface area contributed by atoms with Gasteiger partial charge < -0.3 is 10.5 Å². The number of rotatable bonds is 5. The van der Waals surface area contributed by atoms with Crippen LogP contribution in [0.3, 0.4) is 0 Å². The van der Waals surface area contributed by atoms with Gasteiger partial charge in [-0.25, -0.2) is 4.98 Å². The molecule has 0 bridgehead atoms. The quantitative estimate of drug-likeness (QED) is 0.578. The number of aromatic amines is 1. The number of thioether (sulfide) groups is 1. The molecule has 0 aromatic carbocycles. The predicted octanol–water partition coefficient (Wildman–Crippen LogP) is 0.486. The smallest absolute Gasteiger partial charge is 0.325 e. The van der Waals surface area contributed by atoms with Gasteiger partial charge in [0.2, 0.25) is 5.16 Å². The van der Waals surface area contributed by atoms with Crippen LogP contribution in [0.2, 0.25) is 0 Å². The number of esters is 1. The zero-order valence-electron chi connectivity index (χ0n) is 9.61. The summed E-state index contributed by atoms with van der Waals surface area (Å²) >= 11 is 1.45. The van der Waals surface area contributed by atoms with Gasteiger partial charge in [-0.2, -0.15) is 0 Å². The van der Waals surface area contributed by atoms with Crippen molar-refractivity contribution in [3.05, 3.63) is 5.82 Å². The van der Waals surface area contributed by atoms with E-state index in [4.69, 9.17) is 5.73 Å². The van der Waals surface area contributed by atoms with Crippen LogP contribution in [-0.4, -0.2) is 39.6 Å². The molecule has 0 amide bonds. The first kappa shape index (κ1) is 13.0. The molecule has 90 valence electrons. The van der Waals surface area contributed by atoms with Crippen LogP contribution >= 0.6 is 11.8 Å². The van der Waals surface area contributed by atoms with Gasteiger partial charge >= 0.3 is 5.97 Å². The van der Waals surface area contributed by atoms with E-state index in [1.165, 1.54) is 18.9 Å². The fraction of sp³-hybridized carbons (Fsp3) is 0.667. The molecule has 1 unspecified atom stereocenters. The first-order valence-electron chi connectivity index (χ1n) is 4.85. The van der Waals surface area contributed by atoms with Crippen molar-refractivity contribution in [1.29, 1.82) is 0 Å². The second-order valence-corrected chi connectivity index (χ2v) is 4.77. The first-order chi connectivity index (χ1) is 7.45. The number of carbonyl (C=O) groups is 1. The number of hydrogen-bond acceptors (Lipinski definition) is 6. The Morgan fingerprint density at radius 3 is 2.88 bits per heavy atom. The van der Waals surface area contributed by atoms with Gasteiger partial charge in [-0.05, 0) is 20.3 Å². The third kappa shape index (κ3) is 3.49. The Morgan fingerprint density at radius 2 is 2.38 bits per heavy atom. The molecule has 16 heavy (non-hydrogen) atoms. The summed E-state index contributed by atoms with van der Waals surface area (Å²) in [6.45, 7) is 3.49. The van der Waals surface area contributed by atoms with Crippen LogP contribution in [0.25, 0.3) is 0 Å². The molecule has 0 spiro atoms. The summed E-state index contributed by atoms with van der Waals surface area (Å²) < 4.78 is 4.61. The third-order valence-electron chi connectivity index (χ3n) is 2.08. The Morgan fingerprint density at radius 1 is 1.69 bits per heavy atom. The Kier molecular flexibility index (Phi) is 4.31. The zero-order chi connectivity index (χ0) is 12.2. The second-order valence-electron chi connectivity index (χ2n) is 3.71. The van der Waals surface area contributed by atoms with Crippen LogP contribution in [0.15, 0.2) is 5.16 Å². The number of aryl methyl sites for hydroxylation is 1. The summed E-state index contributed by atoms with van der Waals surface area (Å²) in [5.41, 5.74) is 4.85. The van der Waals surface area contributed by atoms with Gasteiger partial charge in [-0.1, -0.05) is 11.8 Å². The molecule has 6 nitrogen and oxygen atoms in total. The summed E-state index contributed by atoms with van der Waals surface area (Å²) in [6.07, 6.45) is 0.512. The molecule has 0 aliphatic rings. The minimum Gasteiger partial charge on any atom is -0.468 e. The molecular formula is C9H16N4O2S. The molecule has 1 aromatic rings.